The second-order valence-electron chi connectivity index (χ2n) is 9.09. The van der Waals surface area contributed by atoms with Gasteiger partial charge in [0.2, 0.25) is 17.7 Å². The average Bonchev–Trinajstić information content (AvgIpc) is 3.16. The quantitative estimate of drug-likeness (QED) is 0.483. The van der Waals surface area contributed by atoms with Crippen molar-refractivity contribution in [2.24, 2.45) is 23.5 Å². The van der Waals surface area contributed by atoms with E-state index in [-0.39, 0.29) is 28.9 Å². The molecule has 0 radical (unpaired) electrons. The predicted octanol–water partition coefficient (Wildman–Crippen LogP) is 1.77. The minimum absolute atomic E-state index is 0.0557. The van der Waals surface area contributed by atoms with Gasteiger partial charge in [0.25, 0.3) is 0 Å². The van der Waals surface area contributed by atoms with Crippen molar-refractivity contribution in [1.82, 2.24) is 10.6 Å². The third-order valence-electron chi connectivity index (χ3n) is 5.97. The van der Waals surface area contributed by atoms with Gasteiger partial charge in [-0.05, 0) is 48.1 Å². The van der Waals surface area contributed by atoms with Crippen molar-refractivity contribution in [3.63, 3.8) is 0 Å². The number of benzene rings is 2. The van der Waals surface area contributed by atoms with Crippen molar-refractivity contribution in [2.75, 3.05) is 12.3 Å². The Kier molecular flexibility index (Phi) is 7.73. The van der Waals surface area contributed by atoms with Crippen molar-refractivity contribution in [2.45, 2.75) is 44.0 Å². The Labute approximate surface area is 194 Å². The van der Waals surface area contributed by atoms with Gasteiger partial charge in [0.15, 0.2) is 9.84 Å². The summed E-state index contributed by atoms with van der Waals surface area (Å²) < 4.78 is 26.4. The second-order valence-corrected chi connectivity index (χ2v) is 11.1. The van der Waals surface area contributed by atoms with Crippen LogP contribution < -0.4 is 16.4 Å². The minimum Gasteiger partial charge on any atom is -0.368 e. The third-order valence-corrected chi connectivity index (χ3v) is 7.78. The van der Waals surface area contributed by atoms with E-state index in [0.29, 0.717) is 19.4 Å². The molecule has 9 heteroatoms. The van der Waals surface area contributed by atoms with E-state index in [4.69, 9.17) is 5.73 Å². The lowest BCUT2D eigenvalue weighted by Crippen LogP contribution is -2.49. The minimum atomic E-state index is -3.77. The molecule has 178 valence electrons. The van der Waals surface area contributed by atoms with E-state index in [0.717, 1.165) is 10.8 Å². The first-order chi connectivity index (χ1) is 15.6. The number of primary amides is 1. The molecule has 2 aromatic rings. The molecule has 0 unspecified atom stereocenters. The summed E-state index contributed by atoms with van der Waals surface area (Å²) in [5.74, 6) is -3.06. The molecule has 0 saturated carbocycles. The van der Waals surface area contributed by atoms with E-state index in [1.165, 1.54) is 0 Å². The van der Waals surface area contributed by atoms with Crippen LogP contribution in [0, 0.1) is 17.8 Å². The number of amides is 3. The maximum absolute atomic E-state index is 13.2. The standard InChI is InChI=1S/C24H31N3O5S/c1-15(2)11-19(24(30)27-21(22(25)28)13-18-9-10-26-23(18)29)14-33(31,32)20-8-7-16-5-3-4-6-17(16)12-20/h3-8,12,15,18-19,21H,9-11,13-14H2,1-2H3,(H2,25,28)(H,26,29)(H,27,30)/t18-,19+,21-/m0/s1. The second kappa shape index (κ2) is 10.3. The Bertz CT molecular complexity index is 1150. The molecule has 1 aliphatic heterocycles. The summed E-state index contributed by atoms with van der Waals surface area (Å²) >= 11 is 0. The van der Waals surface area contributed by atoms with E-state index in [1.807, 2.05) is 38.1 Å². The number of rotatable bonds is 10. The maximum Gasteiger partial charge on any atom is 0.240 e. The first kappa shape index (κ1) is 24.7. The highest BCUT2D eigenvalue weighted by molar-refractivity contribution is 7.91. The van der Waals surface area contributed by atoms with Crippen molar-refractivity contribution in [3.8, 4) is 0 Å². The van der Waals surface area contributed by atoms with Gasteiger partial charge in [-0.15, -0.1) is 0 Å². The van der Waals surface area contributed by atoms with Crippen molar-refractivity contribution in [3.05, 3.63) is 42.5 Å². The lowest BCUT2D eigenvalue weighted by Gasteiger charge is -2.23. The van der Waals surface area contributed by atoms with Gasteiger partial charge in [0, 0.05) is 12.5 Å². The molecule has 2 aromatic carbocycles. The van der Waals surface area contributed by atoms with Gasteiger partial charge in [0.1, 0.15) is 6.04 Å². The molecule has 1 saturated heterocycles. The lowest BCUT2D eigenvalue weighted by molar-refractivity contribution is -0.131. The lowest BCUT2D eigenvalue weighted by atomic mass is 9.95. The first-order valence-corrected chi connectivity index (χ1v) is 12.8. The normalized spacial score (nSPS) is 18.2. The highest BCUT2D eigenvalue weighted by Crippen LogP contribution is 2.24. The molecule has 8 nitrogen and oxygen atoms in total. The van der Waals surface area contributed by atoms with Crippen molar-refractivity contribution in [1.29, 1.82) is 0 Å². The van der Waals surface area contributed by atoms with Crippen molar-refractivity contribution < 1.29 is 22.8 Å². The fourth-order valence-electron chi connectivity index (χ4n) is 4.23. The first-order valence-electron chi connectivity index (χ1n) is 11.2. The number of fused-ring (bicyclic) bond motifs is 1. The number of nitrogens with one attached hydrogen (secondary N) is 2. The SMILES string of the molecule is CC(C)C[C@H](CS(=O)(=O)c1ccc2ccccc2c1)C(=O)N[C@@H](C[C@@H]1CCNC1=O)C(N)=O. The van der Waals surface area contributed by atoms with E-state index < -0.39 is 39.5 Å². The van der Waals surface area contributed by atoms with Crippen LogP contribution in [0.1, 0.15) is 33.1 Å². The van der Waals surface area contributed by atoms with E-state index in [1.54, 1.807) is 18.2 Å². The van der Waals surface area contributed by atoms with Crippen LogP contribution in [0.5, 0.6) is 0 Å². The van der Waals surface area contributed by atoms with E-state index in [9.17, 15) is 22.8 Å². The predicted molar refractivity (Wildman–Crippen MR) is 126 cm³/mol. The zero-order valence-electron chi connectivity index (χ0n) is 18.9. The summed E-state index contributed by atoms with van der Waals surface area (Å²) in [6, 6.07) is 11.3. The highest BCUT2D eigenvalue weighted by Gasteiger charge is 2.33. The topological polar surface area (TPSA) is 135 Å². The monoisotopic (exact) mass is 473 g/mol. The van der Waals surface area contributed by atoms with Crippen LogP contribution in [-0.2, 0) is 24.2 Å². The number of hydrogen-bond donors (Lipinski definition) is 3. The van der Waals surface area contributed by atoms with Crippen LogP contribution in [0.3, 0.4) is 0 Å². The van der Waals surface area contributed by atoms with E-state index >= 15 is 0 Å². The Morgan fingerprint density at radius 3 is 2.45 bits per heavy atom. The molecular formula is C24H31N3O5S. The summed E-state index contributed by atoms with van der Waals surface area (Å²) in [6.45, 7) is 4.32. The van der Waals surface area contributed by atoms with Gasteiger partial charge >= 0.3 is 0 Å². The summed E-state index contributed by atoms with van der Waals surface area (Å²) in [5, 5.41) is 7.03. The molecule has 0 aliphatic carbocycles. The number of hydrogen-bond acceptors (Lipinski definition) is 5. The highest BCUT2D eigenvalue weighted by atomic mass is 32.2. The summed E-state index contributed by atoms with van der Waals surface area (Å²) in [4.78, 5) is 37.1. The molecule has 3 amide bonds. The van der Waals surface area contributed by atoms with Crippen LogP contribution in [0.4, 0.5) is 0 Å². The Hall–Kier alpha value is -2.94. The van der Waals surface area contributed by atoms with Gasteiger partial charge in [0.05, 0.1) is 16.6 Å². The zero-order valence-corrected chi connectivity index (χ0v) is 19.7. The van der Waals surface area contributed by atoms with Gasteiger partial charge in [-0.3, -0.25) is 14.4 Å². The fraction of sp³-hybridized carbons (Fsp3) is 0.458. The molecule has 1 aliphatic rings. The number of nitrogens with two attached hydrogens (primary N) is 1. The summed E-state index contributed by atoms with van der Waals surface area (Å²) in [5.41, 5.74) is 5.48. The molecule has 0 aromatic heterocycles. The molecular weight excluding hydrogens is 442 g/mol. The molecule has 1 heterocycles. The van der Waals surface area contributed by atoms with Gasteiger partial charge in [-0.1, -0.05) is 44.2 Å². The molecule has 3 atom stereocenters. The average molecular weight is 474 g/mol. The smallest absolute Gasteiger partial charge is 0.240 e. The molecule has 1 fully saturated rings. The summed E-state index contributed by atoms with van der Waals surface area (Å²) in [7, 11) is -3.77. The fourth-order valence-corrected chi connectivity index (χ4v) is 5.82. The molecule has 0 spiro atoms. The molecule has 3 rings (SSSR count). The maximum atomic E-state index is 13.2. The molecule has 0 bridgehead atoms. The number of carbonyl (C=O) groups is 3. The zero-order chi connectivity index (χ0) is 24.2. The van der Waals surface area contributed by atoms with Crippen LogP contribution in [0.15, 0.2) is 47.4 Å². The molecule has 4 N–H and O–H groups in total. The Morgan fingerprint density at radius 1 is 1.15 bits per heavy atom. The van der Waals surface area contributed by atoms with Gasteiger partial charge < -0.3 is 16.4 Å². The Balaban J connectivity index is 1.78. The Morgan fingerprint density at radius 2 is 1.85 bits per heavy atom. The third kappa shape index (κ3) is 6.31. The van der Waals surface area contributed by atoms with Crippen LogP contribution in [-0.4, -0.2) is 44.5 Å². The van der Waals surface area contributed by atoms with Crippen molar-refractivity contribution >= 4 is 38.3 Å². The number of carbonyl (C=O) groups excluding carboxylic acids is 3. The van der Waals surface area contributed by atoms with Crippen LogP contribution in [0.25, 0.3) is 10.8 Å². The van der Waals surface area contributed by atoms with E-state index in [2.05, 4.69) is 10.6 Å². The van der Waals surface area contributed by atoms with Crippen LogP contribution >= 0.6 is 0 Å². The largest absolute Gasteiger partial charge is 0.368 e. The molecule has 33 heavy (non-hydrogen) atoms. The number of sulfone groups is 1. The van der Waals surface area contributed by atoms with Gasteiger partial charge in [-0.25, -0.2) is 8.42 Å². The van der Waals surface area contributed by atoms with Crippen LogP contribution in [0.2, 0.25) is 0 Å². The van der Waals surface area contributed by atoms with Gasteiger partial charge in [-0.2, -0.15) is 0 Å². The summed E-state index contributed by atoms with van der Waals surface area (Å²) in [6.07, 6.45) is 0.983.